The number of morpholine rings is 1. The lowest BCUT2D eigenvalue weighted by Gasteiger charge is -2.33. The van der Waals surface area contributed by atoms with E-state index in [9.17, 15) is 4.79 Å². The Hall–Kier alpha value is -2.86. The summed E-state index contributed by atoms with van der Waals surface area (Å²) < 4.78 is 5.40. The highest BCUT2D eigenvalue weighted by Crippen LogP contribution is 2.26. The number of H-pyrrole nitrogens is 1. The minimum Gasteiger partial charge on any atom is -0.378 e. The molecule has 1 aliphatic rings. The summed E-state index contributed by atoms with van der Waals surface area (Å²) in [7, 11) is 0. The number of urea groups is 1. The molecule has 3 aromatic rings. The molecule has 0 aliphatic carbocycles. The van der Waals surface area contributed by atoms with E-state index in [2.05, 4.69) is 60.2 Å². The predicted molar refractivity (Wildman–Crippen MR) is 131 cm³/mol. The second-order valence-corrected chi connectivity index (χ2v) is 8.00. The minimum atomic E-state index is 0.110. The third-order valence-corrected chi connectivity index (χ3v) is 5.69. The molecule has 2 heterocycles. The van der Waals surface area contributed by atoms with E-state index < -0.39 is 0 Å². The Bertz CT molecular complexity index is 1040. The van der Waals surface area contributed by atoms with Crippen molar-refractivity contribution in [3.05, 3.63) is 53.3 Å². The summed E-state index contributed by atoms with van der Waals surface area (Å²) in [5.74, 6) is 0.920. The Kier molecular flexibility index (Phi) is 8.28. The highest BCUT2D eigenvalue weighted by atomic mass is 16.5. The molecule has 0 saturated carbocycles. The number of benzene rings is 2. The average Bonchev–Trinajstić information content (AvgIpc) is 3.20. The number of hydrogen-bond acceptors (Lipinski definition) is 3. The molecule has 0 bridgehead atoms. The molecule has 0 atom stereocenters. The molecule has 1 aromatic heterocycles. The fourth-order valence-electron chi connectivity index (χ4n) is 4.01. The monoisotopic (exact) mass is 436 g/mol. The van der Waals surface area contributed by atoms with Crippen LogP contribution in [0.2, 0.25) is 0 Å². The van der Waals surface area contributed by atoms with Gasteiger partial charge < -0.3 is 19.5 Å². The van der Waals surface area contributed by atoms with Crippen LogP contribution in [0.3, 0.4) is 0 Å². The average molecular weight is 437 g/mol. The summed E-state index contributed by atoms with van der Waals surface area (Å²) in [6.45, 7) is 14.1. The highest BCUT2D eigenvalue weighted by molar-refractivity contribution is 5.82. The molecule has 172 valence electrons. The molecule has 1 fully saturated rings. The molecule has 0 unspecified atom stereocenters. The first-order chi connectivity index (χ1) is 15.5. The lowest BCUT2D eigenvalue weighted by Crippen LogP contribution is -2.48. The van der Waals surface area contributed by atoms with Gasteiger partial charge in [0.2, 0.25) is 0 Å². The van der Waals surface area contributed by atoms with Gasteiger partial charge in [-0.1, -0.05) is 39.0 Å². The Morgan fingerprint density at radius 2 is 1.78 bits per heavy atom. The second-order valence-electron chi connectivity index (χ2n) is 8.00. The summed E-state index contributed by atoms with van der Waals surface area (Å²) >= 11 is 0. The third-order valence-electron chi connectivity index (χ3n) is 5.69. The van der Waals surface area contributed by atoms with Gasteiger partial charge in [0.05, 0.1) is 24.2 Å². The smallest absolute Gasteiger partial charge is 0.320 e. The van der Waals surface area contributed by atoms with Crippen molar-refractivity contribution in [3.63, 3.8) is 0 Å². The van der Waals surface area contributed by atoms with Crippen LogP contribution in [0.4, 0.5) is 4.79 Å². The highest BCUT2D eigenvalue weighted by Gasteiger charge is 2.23. The number of rotatable bonds is 5. The minimum absolute atomic E-state index is 0.110. The Labute approximate surface area is 191 Å². The largest absolute Gasteiger partial charge is 0.378 e. The van der Waals surface area contributed by atoms with Crippen LogP contribution in [0.15, 0.2) is 36.4 Å². The van der Waals surface area contributed by atoms with Gasteiger partial charge in [0.1, 0.15) is 5.82 Å². The maximum atomic E-state index is 13.1. The SMILES string of the molecule is CC.CCCN(Cc1cc(-c2ccc3nc(C)[nH]c3c2)ccc1C)C(=O)N1CCOCC1. The molecular weight excluding hydrogens is 400 g/mol. The van der Waals surface area contributed by atoms with Crippen molar-refractivity contribution < 1.29 is 9.53 Å². The molecule has 1 saturated heterocycles. The predicted octanol–water partition coefficient (Wildman–Crippen LogP) is 5.54. The molecule has 2 aromatic carbocycles. The van der Waals surface area contributed by atoms with Crippen molar-refractivity contribution in [1.82, 2.24) is 19.8 Å². The number of fused-ring (bicyclic) bond motifs is 1. The first-order valence-corrected chi connectivity index (χ1v) is 11.7. The van der Waals surface area contributed by atoms with Crippen LogP contribution in [0.1, 0.15) is 44.1 Å². The van der Waals surface area contributed by atoms with Gasteiger partial charge in [-0.15, -0.1) is 0 Å². The number of carbonyl (C=O) groups excluding carboxylic acids is 1. The molecule has 4 rings (SSSR count). The number of nitrogens with one attached hydrogen (secondary N) is 1. The molecule has 32 heavy (non-hydrogen) atoms. The second kappa shape index (κ2) is 11.1. The maximum Gasteiger partial charge on any atom is 0.320 e. The number of nitrogens with zero attached hydrogens (tertiary/aromatic N) is 3. The number of aromatic nitrogens is 2. The fourth-order valence-corrected chi connectivity index (χ4v) is 4.01. The van der Waals surface area contributed by atoms with Gasteiger partial charge in [0, 0.05) is 26.2 Å². The summed E-state index contributed by atoms with van der Waals surface area (Å²) in [5.41, 5.74) is 6.71. The number of imidazole rings is 1. The van der Waals surface area contributed by atoms with Gasteiger partial charge in [-0.2, -0.15) is 0 Å². The summed E-state index contributed by atoms with van der Waals surface area (Å²) in [6.07, 6.45) is 0.935. The van der Waals surface area contributed by atoms with Crippen LogP contribution >= 0.6 is 0 Å². The number of aryl methyl sites for hydroxylation is 2. The van der Waals surface area contributed by atoms with E-state index in [0.717, 1.165) is 41.0 Å². The lowest BCUT2D eigenvalue weighted by molar-refractivity contribution is 0.0426. The first-order valence-electron chi connectivity index (χ1n) is 11.7. The van der Waals surface area contributed by atoms with E-state index in [1.807, 2.05) is 30.6 Å². The van der Waals surface area contributed by atoms with Crippen LogP contribution in [-0.4, -0.2) is 58.6 Å². The van der Waals surface area contributed by atoms with Gasteiger partial charge in [0.25, 0.3) is 0 Å². The Morgan fingerprint density at radius 1 is 1.09 bits per heavy atom. The van der Waals surface area contributed by atoms with Crippen molar-refractivity contribution in [3.8, 4) is 11.1 Å². The van der Waals surface area contributed by atoms with Gasteiger partial charge in [-0.3, -0.25) is 0 Å². The quantitative estimate of drug-likeness (QED) is 0.571. The van der Waals surface area contributed by atoms with E-state index in [4.69, 9.17) is 4.74 Å². The number of carbonyl (C=O) groups is 1. The van der Waals surface area contributed by atoms with Crippen molar-refractivity contribution in [2.45, 2.75) is 47.6 Å². The molecule has 2 amide bonds. The van der Waals surface area contributed by atoms with Gasteiger partial charge >= 0.3 is 6.03 Å². The van der Waals surface area contributed by atoms with E-state index in [0.29, 0.717) is 32.8 Å². The Morgan fingerprint density at radius 3 is 2.50 bits per heavy atom. The standard InChI is InChI=1S/C24H30N4O2.C2H6/c1-4-9-28(24(29)27-10-12-30-13-11-27)16-21-14-19(6-5-17(21)2)20-7-8-22-23(15-20)26-18(3)25-22;1-2/h5-8,14-15H,4,9-13,16H2,1-3H3,(H,25,26);1-2H3. The zero-order chi connectivity index (χ0) is 23.1. The van der Waals surface area contributed by atoms with E-state index >= 15 is 0 Å². The first kappa shape index (κ1) is 23.8. The van der Waals surface area contributed by atoms with Crippen molar-refractivity contribution in [2.24, 2.45) is 0 Å². The molecule has 1 N–H and O–H groups in total. The van der Waals surface area contributed by atoms with E-state index in [-0.39, 0.29) is 6.03 Å². The topological polar surface area (TPSA) is 61.5 Å². The third kappa shape index (κ3) is 5.49. The van der Waals surface area contributed by atoms with E-state index in [1.165, 1.54) is 11.1 Å². The summed E-state index contributed by atoms with van der Waals surface area (Å²) in [5, 5.41) is 0. The zero-order valence-corrected chi connectivity index (χ0v) is 20.1. The van der Waals surface area contributed by atoms with Crippen molar-refractivity contribution >= 4 is 17.1 Å². The zero-order valence-electron chi connectivity index (χ0n) is 20.1. The molecule has 6 nitrogen and oxygen atoms in total. The number of ether oxygens (including phenoxy) is 1. The summed E-state index contributed by atoms with van der Waals surface area (Å²) in [6, 6.07) is 12.9. The molecule has 1 aliphatic heterocycles. The van der Waals surface area contributed by atoms with E-state index in [1.54, 1.807) is 0 Å². The van der Waals surface area contributed by atoms with Gasteiger partial charge in [0.15, 0.2) is 0 Å². The normalized spacial score (nSPS) is 13.6. The lowest BCUT2D eigenvalue weighted by atomic mass is 9.99. The summed E-state index contributed by atoms with van der Waals surface area (Å²) in [4.78, 5) is 24.8. The van der Waals surface area contributed by atoms with Crippen molar-refractivity contribution in [2.75, 3.05) is 32.8 Å². The van der Waals surface area contributed by atoms with Crippen LogP contribution in [0, 0.1) is 13.8 Å². The van der Waals surface area contributed by atoms with Crippen LogP contribution in [0.25, 0.3) is 22.2 Å². The van der Waals surface area contributed by atoms with Crippen molar-refractivity contribution in [1.29, 1.82) is 0 Å². The number of amides is 2. The van der Waals surface area contributed by atoms with Crippen LogP contribution in [-0.2, 0) is 11.3 Å². The van der Waals surface area contributed by atoms with Gasteiger partial charge in [-0.25, -0.2) is 9.78 Å². The van der Waals surface area contributed by atoms with Crippen LogP contribution < -0.4 is 0 Å². The molecule has 0 spiro atoms. The number of aromatic amines is 1. The molecule has 0 radical (unpaired) electrons. The van der Waals surface area contributed by atoms with Gasteiger partial charge in [-0.05, 0) is 60.7 Å². The Balaban J connectivity index is 0.00000141. The maximum absolute atomic E-state index is 13.1. The van der Waals surface area contributed by atoms with Crippen LogP contribution in [0.5, 0.6) is 0 Å². The molecular formula is C26H36N4O2. The number of hydrogen-bond donors (Lipinski definition) is 1. The fraction of sp³-hybridized carbons (Fsp3) is 0.462. The molecule has 6 heteroatoms.